The summed E-state index contributed by atoms with van der Waals surface area (Å²) in [7, 11) is 0. The van der Waals surface area contributed by atoms with Crippen LogP contribution in [-0.4, -0.2) is 0 Å². The summed E-state index contributed by atoms with van der Waals surface area (Å²) in [5, 5.41) is 0. The summed E-state index contributed by atoms with van der Waals surface area (Å²) in [5.74, 6) is 4.27. The molecule has 2 aliphatic rings. The fourth-order valence-corrected chi connectivity index (χ4v) is 3.48. The Bertz CT molecular complexity index is 161. The quantitative estimate of drug-likeness (QED) is 0.540. The monoisotopic (exact) mass is 152 g/mol. The van der Waals surface area contributed by atoms with Crippen LogP contribution in [-0.2, 0) is 0 Å². The third-order valence-electron chi connectivity index (χ3n) is 4.80. The molecule has 0 heterocycles. The third-order valence-corrected chi connectivity index (χ3v) is 4.80. The average molecular weight is 152 g/mol. The molecule has 2 aliphatic carbocycles. The molecule has 0 nitrogen and oxygen atoms in total. The lowest BCUT2D eigenvalue weighted by molar-refractivity contribution is -0.199. The second-order valence-electron chi connectivity index (χ2n) is 5.20. The lowest BCUT2D eigenvalue weighted by Gasteiger charge is -2.68. The van der Waals surface area contributed by atoms with E-state index in [0.29, 0.717) is 5.41 Å². The predicted molar refractivity (Wildman–Crippen MR) is 48.3 cm³/mol. The van der Waals surface area contributed by atoms with E-state index in [1.54, 1.807) is 0 Å². The van der Waals surface area contributed by atoms with Crippen LogP contribution in [0, 0.1) is 29.1 Å². The van der Waals surface area contributed by atoms with Crippen molar-refractivity contribution in [2.75, 3.05) is 0 Å². The Morgan fingerprint density at radius 2 is 2.00 bits per heavy atom. The summed E-state index contributed by atoms with van der Waals surface area (Å²) >= 11 is 0. The zero-order valence-corrected chi connectivity index (χ0v) is 8.22. The summed E-state index contributed by atoms with van der Waals surface area (Å²) in [5.41, 5.74) is 0.677. The van der Waals surface area contributed by atoms with Crippen LogP contribution >= 0.6 is 0 Å². The highest BCUT2D eigenvalue weighted by Crippen LogP contribution is 2.68. The van der Waals surface area contributed by atoms with Gasteiger partial charge >= 0.3 is 0 Å². The van der Waals surface area contributed by atoms with Gasteiger partial charge in [0.05, 0.1) is 0 Å². The van der Waals surface area contributed by atoms with Crippen LogP contribution in [0.5, 0.6) is 0 Å². The smallest absolute Gasteiger partial charge is 0.0294 e. The summed E-state index contributed by atoms with van der Waals surface area (Å²) < 4.78 is 0. The molecule has 0 aromatic heterocycles. The predicted octanol–water partition coefficient (Wildman–Crippen LogP) is 3.32. The molecular weight excluding hydrogens is 132 g/mol. The molecule has 0 aromatic rings. The van der Waals surface area contributed by atoms with E-state index < -0.39 is 0 Å². The van der Waals surface area contributed by atoms with Crippen LogP contribution in [0.3, 0.4) is 0 Å². The third kappa shape index (κ3) is 0.711. The molecule has 2 fully saturated rings. The molecule has 2 rings (SSSR count). The van der Waals surface area contributed by atoms with Gasteiger partial charge in [-0.2, -0.15) is 0 Å². The van der Waals surface area contributed by atoms with Crippen LogP contribution < -0.4 is 0 Å². The molecule has 64 valence electrons. The lowest BCUT2D eigenvalue weighted by Crippen LogP contribution is -2.62. The first-order chi connectivity index (χ1) is 5.09. The molecule has 0 saturated heterocycles. The molecule has 0 aliphatic heterocycles. The van der Waals surface area contributed by atoms with Crippen LogP contribution in [0.1, 0.15) is 40.5 Å². The maximum absolute atomic E-state index is 2.45. The zero-order chi connectivity index (χ0) is 8.22. The Morgan fingerprint density at radius 1 is 1.36 bits per heavy atom. The number of hydrogen-bond donors (Lipinski definition) is 0. The molecule has 2 saturated carbocycles. The topological polar surface area (TPSA) is 0 Å². The van der Waals surface area contributed by atoms with Crippen LogP contribution in [0.15, 0.2) is 0 Å². The van der Waals surface area contributed by atoms with Gasteiger partial charge < -0.3 is 0 Å². The first-order valence-electron chi connectivity index (χ1n) is 5.09. The molecular formula is C11H20. The van der Waals surface area contributed by atoms with E-state index in [2.05, 4.69) is 27.7 Å². The highest BCUT2D eigenvalue weighted by atomic mass is 14.7. The standard InChI is InChI=1S/C11H20/c1-5-8-6-9-10(8)7(2)11(9,3)4/h7-10H,5-6H2,1-4H3. The molecule has 4 unspecified atom stereocenters. The van der Waals surface area contributed by atoms with Crippen molar-refractivity contribution in [3.05, 3.63) is 0 Å². The Labute approximate surface area is 70.4 Å². The van der Waals surface area contributed by atoms with Crippen LogP contribution in [0.4, 0.5) is 0 Å². The number of hydrogen-bond acceptors (Lipinski definition) is 0. The molecule has 0 heteroatoms. The lowest BCUT2D eigenvalue weighted by atomic mass is 9.37. The van der Waals surface area contributed by atoms with Crippen molar-refractivity contribution in [3.63, 3.8) is 0 Å². The highest BCUT2D eigenvalue weighted by Gasteiger charge is 2.61. The highest BCUT2D eigenvalue weighted by molar-refractivity contribution is 5.10. The van der Waals surface area contributed by atoms with Crippen LogP contribution in [0.25, 0.3) is 0 Å². The molecule has 0 bridgehead atoms. The van der Waals surface area contributed by atoms with Crippen molar-refractivity contribution < 1.29 is 0 Å². The summed E-state index contributed by atoms with van der Waals surface area (Å²) in [6.07, 6.45) is 2.94. The van der Waals surface area contributed by atoms with Crippen molar-refractivity contribution in [2.45, 2.75) is 40.5 Å². The maximum Gasteiger partial charge on any atom is -0.0294 e. The second kappa shape index (κ2) is 2.02. The van der Waals surface area contributed by atoms with E-state index in [1.165, 1.54) is 12.8 Å². The van der Waals surface area contributed by atoms with Gasteiger partial charge in [-0.15, -0.1) is 0 Å². The minimum Gasteiger partial charge on any atom is -0.0651 e. The Kier molecular flexibility index (Phi) is 1.41. The van der Waals surface area contributed by atoms with E-state index in [-0.39, 0.29) is 0 Å². The SMILES string of the molecule is CCC1CC2C1C(C)C2(C)C. The van der Waals surface area contributed by atoms with Gasteiger partial charge in [-0.25, -0.2) is 0 Å². The van der Waals surface area contributed by atoms with Crippen molar-refractivity contribution in [3.8, 4) is 0 Å². The van der Waals surface area contributed by atoms with Gasteiger partial charge in [0, 0.05) is 0 Å². The van der Waals surface area contributed by atoms with E-state index in [1.807, 2.05) is 0 Å². The minimum absolute atomic E-state index is 0.677. The molecule has 0 amide bonds. The average Bonchev–Trinajstić information content (AvgIpc) is 1.86. The van der Waals surface area contributed by atoms with Gasteiger partial charge in [0.1, 0.15) is 0 Å². The van der Waals surface area contributed by atoms with Crippen molar-refractivity contribution in [1.82, 2.24) is 0 Å². The summed E-state index contributed by atoms with van der Waals surface area (Å²) in [6, 6.07) is 0. The Morgan fingerprint density at radius 3 is 2.45 bits per heavy atom. The van der Waals surface area contributed by atoms with E-state index in [4.69, 9.17) is 0 Å². The maximum atomic E-state index is 2.45. The van der Waals surface area contributed by atoms with Gasteiger partial charge in [-0.1, -0.05) is 34.1 Å². The second-order valence-corrected chi connectivity index (χ2v) is 5.20. The molecule has 4 atom stereocenters. The Balaban J connectivity index is 2.03. The first-order valence-corrected chi connectivity index (χ1v) is 5.09. The van der Waals surface area contributed by atoms with E-state index >= 15 is 0 Å². The van der Waals surface area contributed by atoms with Crippen molar-refractivity contribution >= 4 is 0 Å². The van der Waals surface area contributed by atoms with Crippen molar-refractivity contribution in [2.24, 2.45) is 29.1 Å². The molecule has 0 aromatic carbocycles. The van der Waals surface area contributed by atoms with Crippen LogP contribution in [0.2, 0.25) is 0 Å². The number of fused-ring (bicyclic) bond motifs is 1. The van der Waals surface area contributed by atoms with Gasteiger partial charge in [0.25, 0.3) is 0 Å². The van der Waals surface area contributed by atoms with Gasteiger partial charge in [0.2, 0.25) is 0 Å². The van der Waals surface area contributed by atoms with E-state index in [9.17, 15) is 0 Å². The first kappa shape index (κ1) is 7.64. The molecule has 11 heavy (non-hydrogen) atoms. The molecule has 0 radical (unpaired) electrons. The van der Waals surface area contributed by atoms with E-state index in [0.717, 1.165) is 23.7 Å². The molecule has 0 spiro atoms. The van der Waals surface area contributed by atoms with Gasteiger partial charge in [0.15, 0.2) is 0 Å². The fourth-order valence-electron chi connectivity index (χ4n) is 3.48. The molecule has 0 N–H and O–H groups in total. The summed E-state index contributed by atoms with van der Waals surface area (Å²) in [4.78, 5) is 0. The normalized spacial score (nSPS) is 52.4. The number of rotatable bonds is 1. The minimum atomic E-state index is 0.677. The fraction of sp³-hybridized carbons (Fsp3) is 1.00. The zero-order valence-electron chi connectivity index (χ0n) is 8.22. The van der Waals surface area contributed by atoms with Crippen molar-refractivity contribution in [1.29, 1.82) is 0 Å². The largest absolute Gasteiger partial charge is 0.0651 e. The van der Waals surface area contributed by atoms with Gasteiger partial charge in [-0.05, 0) is 35.5 Å². The van der Waals surface area contributed by atoms with Gasteiger partial charge in [-0.3, -0.25) is 0 Å². The summed E-state index contributed by atoms with van der Waals surface area (Å²) in [6.45, 7) is 9.69. The Hall–Kier alpha value is 0.